The summed E-state index contributed by atoms with van der Waals surface area (Å²) in [5, 5.41) is 50.6. The number of carbonyl (C=O) groups excluding carboxylic acids is 13. The lowest BCUT2D eigenvalue weighted by Gasteiger charge is -2.34. The van der Waals surface area contributed by atoms with Crippen molar-refractivity contribution in [1.82, 2.24) is 57.2 Å². The van der Waals surface area contributed by atoms with Crippen molar-refractivity contribution in [3.8, 4) is 0 Å². The molecule has 0 aromatic rings. The molecule has 3 aliphatic heterocycles. The maximum Gasteiger partial charge on any atom is 0.326 e. The van der Waals surface area contributed by atoms with E-state index in [0.717, 1.165) is 6.92 Å². The second-order valence-corrected chi connectivity index (χ2v) is 26.7. The highest BCUT2D eigenvalue weighted by atomic mass is 32.2. The highest BCUT2D eigenvalue weighted by molar-refractivity contribution is 7.99. The highest BCUT2D eigenvalue weighted by Gasteiger charge is 2.45. The molecule has 93 heavy (non-hydrogen) atoms. The molecule has 3 rings (SSSR count). The van der Waals surface area contributed by atoms with Gasteiger partial charge in [0, 0.05) is 26.1 Å². The molecule has 0 aliphatic carbocycles. The number of nitrogens with two attached hydrogens (primary N) is 4. The van der Waals surface area contributed by atoms with Gasteiger partial charge in [-0.15, -0.1) is 0 Å². The quantitative estimate of drug-likeness (QED) is 0.0255. The van der Waals surface area contributed by atoms with Gasteiger partial charge in [-0.2, -0.15) is 35.3 Å². The fourth-order valence-electron chi connectivity index (χ4n) is 11.0. The van der Waals surface area contributed by atoms with Gasteiger partial charge >= 0.3 is 5.97 Å². The van der Waals surface area contributed by atoms with Gasteiger partial charge in [-0.25, -0.2) is 4.79 Å². The molecule has 13 amide bonds. The minimum Gasteiger partial charge on any atom is -0.480 e. The predicted molar refractivity (Wildman–Crippen MR) is 348 cm³/mol. The fraction of sp³-hybridized carbons (Fsp3) is 0.759. The largest absolute Gasteiger partial charge is 0.480 e. The third-order valence-corrected chi connectivity index (χ3v) is 18.0. The number of nitrogens with one attached hydrogen (secondary N) is 8. The standard InChI is InChI=1S/C58H99N15O17S3/c1-31(2)28-40(56(87)73-24-11-15-43(73)57(88)72-23-10-14-42(72)53(84)67-38(58(89)90)20-27-93-6)69-51(82)39(29-45(62)77)68-49(80)37(19-26-92-5)66-54(85)46(32(3)75)70-50(81)34(12-7-8-21-59)63-47(78)35(16-17-44(61)76)64-48(79)36(18-25-91-4)65-52(83)41-13-9-22-71(41)55(86)33(60)30-74/h31-43,46,74-75H,7-30,59-60H2,1-6H3,(H2,61,76)(H2,62,77)(H,63,78)(H,64,79)(H,65,83)(H,66,85)(H,67,84)(H,68,80)(H,69,82)(H,70,81)(H,89,90)/t32-,33+,34+,35+,36+,37+,38+,39+,40+,41+,42+,43+,46+/m1/s1. The van der Waals surface area contributed by atoms with Crippen LogP contribution < -0.4 is 65.5 Å². The topological polar surface area (TPSA) is 510 Å². The number of rotatable bonds is 42. The summed E-state index contributed by atoms with van der Waals surface area (Å²) < 4.78 is 0. The first-order valence-electron chi connectivity index (χ1n) is 31.4. The first kappa shape index (κ1) is 80.7. The second-order valence-electron chi connectivity index (χ2n) is 23.8. The minimum absolute atomic E-state index is 0.0270. The molecule has 0 saturated carbocycles. The summed E-state index contributed by atoms with van der Waals surface area (Å²) in [6, 6.07) is -16.2. The van der Waals surface area contributed by atoms with E-state index in [0.29, 0.717) is 37.2 Å². The molecular formula is C58H99N15O17S3. The van der Waals surface area contributed by atoms with Crippen LogP contribution in [-0.2, 0) is 67.1 Å². The molecule has 0 unspecified atom stereocenters. The number of hydrogen-bond acceptors (Lipinski definition) is 21. The second kappa shape index (κ2) is 41.3. The van der Waals surface area contributed by atoms with Gasteiger partial charge in [-0.1, -0.05) is 13.8 Å². The Kier molecular flexibility index (Phi) is 35.9. The Morgan fingerprint density at radius 1 is 0.505 bits per heavy atom. The highest BCUT2D eigenvalue weighted by Crippen LogP contribution is 2.27. The Labute approximate surface area is 555 Å². The van der Waals surface area contributed by atoms with E-state index in [4.69, 9.17) is 22.9 Å². The Bertz CT molecular complexity index is 2590. The zero-order valence-corrected chi connectivity index (χ0v) is 56.4. The van der Waals surface area contributed by atoms with Crippen LogP contribution in [-0.4, -0.2) is 260 Å². The van der Waals surface area contributed by atoms with Crippen LogP contribution in [0.2, 0.25) is 0 Å². The van der Waals surface area contributed by atoms with Gasteiger partial charge in [0.2, 0.25) is 76.8 Å². The van der Waals surface area contributed by atoms with Crippen LogP contribution >= 0.6 is 35.3 Å². The van der Waals surface area contributed by atoms with Crippen molar-refractivity contribution in [3.05, 3.63) is 0 Å². The van der Waals surface area contributed by atoms with Crippen molar-refractivity contribution in [1.29, 1.82) is 0 Å². The number of aliphatic carboxylic acids is 1. The number of carbonyl (C=O) groups is 14. The molecule has 0 aromatic carbocycles. The number of amides is 13. The van der Waals surface area contributed by atoms with Gasteiger partial charge in [0.05, 0.1) is 19.1 Å². The molecule has 13 atom stereocenters. The van der Waals surface area contributed by atoms with Crippen LogP contribution in [0, 0.1) is 5.92 Å². The minimum atomic E-state index is -1.82. The molecule has 32 nitrogen and oxygen atoms in total. The Hall–Kier alpha value is -6.53. The van der Waals surface area contributed by atoms with Crippen molar-refractivity contribution in [2.24, 2.45) is 28.9 Å². The molecular weight excluding hydrogens is 1270 g/mol. The van der Waals surface area contributed by atoms with Gasteiger partial charge < -0.3 is 95.5 Å². The first-order valence-corrected chi connectivity index (χ1v) is 35.6. The summed E-state index contributed by atoms with van der Waals surface area (Å²) in [5.41, 5.74) is 22.6. The maximum atomic E-state index is 14.6. The van der Waals surface area contributed by atoms with E-state index in [-0.39, 0.29) is 102 Å². The molecule has 3 saturated heterocycles. The predicted octanol–water partition coefficient (Wildman–Crippen LogP) is -4.80. The zero-order chi connectivity index (χ0) is 69.6. The number of carboxylic acids is 1. The number of thioether (sulfide) groups is 3. The lowest BCUT2D eigenvalue weighted by atomic mass is 10.0. The van der Waals surface area contributed by atoms with E-state index in [1.807, 2.05) is 0 Å². The van der Waals surface area contributed by atoms with Crippen LogP contribution in [0.4, 0.5) is 0 Å². The number of likely N-dealkylation sites (tertiary alicyclic amines) is 3. The third kappa shape index (κ3) is 26.0. The molecule has 0 aromatic heterocycles. The van der Waals surface area contributed by atoms with Crippen molar-refractivity contribution in [2.75, 3.05) is 68.8 Å². The Morgan fingerprint density at radius 2 is 0.925 bits per heavy atom. The van der Waals surface area contributed by atoms with Gasteiger partial charge in [0.1, 0.15) is 72.5 Å². The van der Waals surface area contributed by atoms with Crippen LogP contribution in [0.1, 0.15) is 124 Å². The summed E-state index contributed by atoms with van der Waals surface area (Å²) in [5.74, 6) is -11.5. The van der Waals surface area contributed by atoms with Crippen LogP contribution in [0.3, 0.4) is 0 Å². The number of carboxylic acid groups (broad SMARTS) is 1. The number of hydrogen-bond donors (Lipinski definition) is 15. The van der Waals surface area contributed by atoms with Crippen molar-refractivity contribution >= 4 is 118 Å². The number of unbranched alkanes of at least 4 members (excludes halogenated alkanes) is 1. The molecule has 0 bridgehead atoms. The van der Waals surface area contributed by atoms with E-state index < -0.39 is 181 Å². The van der Waals surface area contributed by atoms with E-state index in [9.17, 15) is 82.4 Å². The first-order chi connectivity index (χ1) is 44.0. The average Bonchev–Trinajstić information content (AvgIpc) is 1.71. The number of nitrogens with zero attached hydrogens (tertiary/aromatic N) is 3. The van der Waals surface area contributed by atoms with Gasteiger partial charge in [-0.3, -0.25) is 62.3 Å². The molecule has 35 heteroatoms. The number of primary amides is 2. The number of aliphatic hydroxyl groups excluding tert-OH is 2. The van der Waals surface area contributed by atoms with Gasteiger partial charge in [0.15, 0.2) is 0 Å². The molecule has 19 N–H and O–H groups in total. The summed E-state index contributed by atoms with van der Waals surface area (Å²) in [6.07, 6.45) is 4.59. The summed E-state index contributed by atoms with van der Waals surface area (Å²) in [6.45, 7) is 4.69. The Balaban J connectivity index is 1.85. The SMILES string of the molecule is CSCC[C@H](NC(=O)[C@@H]1CCCN1C(=O)[C@@H]1CCCN1C(=O)[C@H](CC(C)C)NC(=O)[C@H](CC(N)=O)NC(=O)[C@H](CCSC)NC(=O)[C@@H](NC(=O)[C@H](CCCCN)NC(=O)[C@H](CCC(N)=O)NC(=O)[C@H](CCSC)NC(=O)[C@@H]1CCCN1C(=O)[C@@H](N)CO)[C@@H](C)O)C(=O)O. The molecule has 3 fully saturated rings. The van der Waals surface area contributed by atoms with Crippen molar-refractivity contribution in [3.63, 3.8) is 0 Å². The lowest BCUT2D eigenvalue weighted by Crippen LogP contribution is -2.62. The van der Waals surface area contributed by atoms with E-state index in [1.165, 1.54) is 50.0 Å². The van der Waals surface area contributed by atoms with Crippen LogP contribution in [0.25, 0.3) is 0 Å². The lowest BCUT2D eigenvalue weighted by molar-refractivity contribution is -0.149. The maximum absolute atomic E-state index is 14.6. The normalized spacial score (nSPS) is 19.5. The van der Waals surface area contributed by atoms with E-state index in [2.05, 4.69) is 42.5 Å². The van der Waals surface area contributed by atoms with Gasteiger partial charge in [-0.05, 0) is 145 Å². The smallest absolute Gasteiger partial charge is 0.326 e. The van der Waals surface area contributed by atoms with E-state index >= 15 is 0 Å². The monoisotopic (exact) mass is 1370 g/mol. The molecule has 3 aliphatic rings. The summed E-state index contributed by atoms with van der Waals surface area (Å²) >= 11 is 4.03. The molecule has 526 valence electrons. The summed E-state index contributed by atoms with van der Waals surface area (Å²) in [4.78, 5) is 195. The summed E-state index contributed by atoms with van der Waals surface area (Å²) in [7, 11) is 0. The third-order valence-electron chi connectivity index (χ3n) is 16.0. The zero-order valence-electron chi connectivity index (χ0n) is 54.0. The van der Waals surface area contributed by atoms with Crippen LogP contribution in [0.5, 0.6) is 0 Å². The van der Waals surface area contributed by atoms with Crippen molar-refractivity contribution < 1.29 is 82.4 Å². The van der Waals surface area contributed by atoms with Crippen LogP contribution in [0.15, 0.2) is 0 Å². The fourth-order valence-corrected chi connectivity index (χ4v) is 12.5. The van der Waals surface area contributed by atoms with Crippen molar-refractivity contribution in [2.45, 2.75) is 202 Å². The Morgan fingerprint density at radius 3 is 1.41 bits per heavy atom. The molecule has 0 radical (unpaired) electrons. The molecule has 0 spiro atoms. The average molecular weight is 1370 g/mol. The molecule has 3 heterocycles. The number of aliphatic hydroxyl groups is 2. The van der Waals surface area contributed by atoms with Gasteiger partial charge in [0.25, 0.3) is 0 Å². The van der Waals surface area contributed by atoms with E-state index in [1.54, 1.807) is 32.6 Å².